The molecule has 0 unspecified atom stereocenters. The molecule has 1 radical (unpaired) electrons. The summed E-state index contributed by atoms with van der Waals surface area (Å²) in [6.45, 7) is 4.27. The molecule has 0 amide bonds. The largest absolute Gasteiger partial charge is 0.497 e. The SMILES string of the molecule is COc1ccc(COCC(C)(C)OC(=O)n2c[c]cn2)cc1. The summed E-state index contributed by atoms with van der Waals surface area (Å²) in [6, 6.07) is 10.3. The Labute approximate surface area is 129 Å². The van der Waals surface area contributed by atoms with Gasteiger partial charge in [-0.15, -0.1) is 0 Å². The van der Waals surface area contributed by atoms with Gasteiger partial charge >= 0.3 is 6.09 Å². The Kier molecular flexibility index (Phi) is 5.16. The summed E-state index contributed by atoms with van der Waals surface area (Å²) in [7, 11) is 1.62. The molecule has 0 spiro atoms. The topological polar surface area (TPSA) is 62.6 Å². The van der Waals surface area contributed by atoms with Crippen molar-refractivity contribution < 1.29 is 19.0 Å². The van der Waals surface area contributed by atoms with Crippen LogP contribution in [-0.4, -0.2) is 35.2 Å². The lowest BCUT2D eigenvalue weighted by atomic mass is 10.1. The quantitative estimate of drug-likeness (QED) is 0.821. The van der Waals surface area contributed by atoms with Gasteiger partial charge in [0.15, 0.2) is 0 Å². The van der Waals surface area contributed by atoms with Crippen LogP contribution < -0.4 is 4.74 Å². The molecule has 0 saturated carbocycles. The molecular weight excluding hydrogens is 284 g/mol. The average Bonchev–Trinajstić information content (AvgIpc) is 3.01. The van der Waals surface area contributed by atoms with Gasteiger partial charge in [0, 0.05) is 12.3 Å². The zero-order valence-electron chi connectivity index (χ0n) is 12.9. The monoisotopic (exact) mass is 303 g/mol. The van der Waals surface area contributed by atoms with E-state index in [1.807, 2.05) is 24.3 Å². The van der Waals surface area contributed by atoms with E-state index in [1.54, 1.807) is 21.0 Å². The van der Waals surface area contributed by atoms with Gasteiger partial charge in [0.2, 0.25) is 0 Å². The first kappa shape index (κ1) is 16.0. The van der Waals surface area contributed by atoms with Crippen molar-refractivity contribution in [2.45, 2.75) is 26.1 Å². The van der Waals surface area contributed by atoms with Crippen molar-refractivity contribution in [3.63, 3.8) is 0 Å². The molecular formula is C16H19N2O4. The highest BCUT2D eigenvalue weighted by atomic mass is 16.6. The minimum Gasteiger partial charge on any atom is -0.497 e. The lowest BCUT2D eigenvalue weighted by Crippen LogP contribution is -2.35. The zero-order valence-corrected chi connectivity index (χ0v) is 12.9. The third kappa shape index (κ3) is 4.60. The molecule has 2 aromatic rings. The van der Waals surface area contributed by atoms with Crippen molar-refractivity contribution in [1.29, 1.82) is 0 Å². The third-order valence-corrected chi connectivity index (χ3v) is 2.88. The summed E-state index contributed by atoms with van der Waals surface area (Å²) in [5, 5.41) is 3.78. The molecule has 117 valence electrons. The maximum atomic E-state index is 11.8. The first-order chi connectivity index (χ1) is 10.5. The predicted octanol–water partition coefficient (Wildman–Crippen LogP) is 2.67. The van der Waals surface area contributed by atoms with E-state index >= 15 is 0 Å². The number of aromatic nitrogens is 2. The van der Waals surface area contributed by atoms with Gasteiger partial charge in [-0.05, 0) is 31.5 Å². The maximum Gasteiger partial charge on any atom is 0.435 e. The van der Waals surface area contributed by atoms with Crippen LogP contribution in [-0.2, 0) is 16.1 Å². The number of hydrogen-bond acceptors (Lipinski definition) is 5. The van der Waals surface area contributed by atoms with Gasteiger partial charge in [0.05, 0.1) is 26.5 Å². The normalized spacial score (nSPS) is 11.2. The highest BCUT2D eigenvalue weighted by Crippen LogP contribution is 2.15. The highest BCUT2D eigenvalue weighted by molar-refractivity contribution is 5.69. The fourth-order valence-corrected chi connectivity index (χ4v) is 1.78. The van der Waals surface area contributed by atoms with Crippen LogP contribution in [0.15, 0.2) is 36.7 Å². The summed E-state index contributed by atoms with van der Waals surface area (Å²) >= 11 is 0. The van der Waals surface area contributed by atoms with Crippen LogP contribution in [0, 0.1) is 6.07 Å². The molecule has 1 aromatic heterocycles. The van der Waals surface area contributed by atoms with Crippen LogP contribution in [0.5, 0.6) is 5.75 Å². The van der Waals surface area contributed by atoms with Crippen molar-refractivity contribution in [3.8, 4) is 5.75 Å². The van der Waals surface area contributed by atoms with Gasteiger partial charge in [-0.3, -0.25) is 0 Å². The maximum absolute atomic E-state index is 11.8. The Bertz CT molecular complexity index is 591. The van der Waals surface area contributed by atoms with E-state index in [0.29, 0.717) is 6.61 Å². The van der Waals surface area contributed by atoms with Crippen LogP contribution in [0.4, 0.5) is 4.79 Å². The van der Waals surface area contributed by atoms with Gasteiger partial charge < -0.3 is 14.2 Å². The van der Waals surface area contributed by atoms with E-state index in [-0.39, 0.29) is 6.61 Å². The second kappa shape index (κ2) is 7.09. The van der Waals surface area contributed by atoms with Gasteiger partial charge in [0.25, 0.3) is 0 Å². The second-order valence-electron chi connectivity index (χ2n) is 5.35. The van der Waals surface area contributed by atoms with Gasteiger partial charge in [0.1, 0.15) is 11.4 Å². The van der Waals surface area contributed by atoms with E-state index in [4.69, 9.17) is 14.2 Å². The molecule has 0 N–H and O–H groups in total. The number of nitrogens with zero attached hydrogens (tertiary/aromatic N) is 2. The molecule has 6 nitrogen and oxygen atoms in total. The first-order valence-electron chi connectivity index (χ1n) is 6.85. The number of carbonyl (C=O) groups is 1. The average molecular weight is 303 g/mol. The Balaban J connectivity index is 1.80. The number of methoxy groups -OCH3 is 1. The molecule has 0 bridgehead atoms. The molecule has 22 heavy (non-hydrogen) atoms. The van der Waals surface area contributed by atoms with Crippen molar-refractivity contribution in [1.82, 2.24) is 9.78 Å². The van der Waals surface area contributed by atoms with Crippen LogP contribution in [0.2, 0.25) is 0 Å². The number of carbonyl (C=O) groups excluding carboxylic acids is 1. The number of hydrogen-bond donors (Lipinski definition) is 0. The molecule has 0 fully saturated rings. The molecule has 6 heteroatoms. The number of ether oxygens (including phenoxy) is 3. The van der Waals surface area contributed by atoms with Gasteiger partial charge in [-0.25, -0.2) is 4.79 Å². The number of rotatable bonds is 6. The van der Waals surface area contributed by atoms with E-state index in [1.165, 1.54) is 12.4 Å². The number of benzene rings is 1. The van der Waals surface area contributed by atoms with Crippen molar-refractivity contribution in [2.24, 2.45) is 0 Å². The summed E-state index contributed by atoms with van der Waals surface area (Å²) in [5.41, 5.74) is 0.264. The predicted molar refractivity (Wildman–Crippen MR) is 79.7 cm³/mol. The van der Waals surface area contributed by atoms with E-state index in [2.05, 4.69) is 11.2 Å². The summed E-state index contributed by atoms with van der Waals surface area (Å²) in [5.74, 6) is 0.800. The van der Waals surface area contributed by atoms with Gasteiger partial charge in [-0.2, -0.15) is 9.78 Å². The van der Waals surface area contributed by atoms with E-state index < -0.39 is 11.7 Å². The summed E-state index contributed by atoms with van der Waals surface area (Å²) in [4.78, 5) is 11.8. The molecule has 1 aromatic carbocycles. The van der Waals surface area contributed by atoms with Gasteiger partial charge in [-0.1, -0.05) is 12.1 Å². The summed E-state index contributed by atoms with van der Waals surface area (Å²) in [6.07, 6.45) is 2.25. The van der Waals surface area contributed by atoms with Crippen molar-refractivity contribution in [3.05, 3.63) is 48.3 Å². The lowest BCUT2D eigenvalue weighted by molar-refractivity contribution is -0.0385. The molecule has 1 heterocycles. The molecule has 2 rings (SSSR count). The fourth-order valence-electron chi connectivity index (χ4n) is 1.78. The minimum atomic E-state index is -0.754. The molecule has 0 atom stereocenters. The first-order valence-corrected chi connectivity index (χ1v) is 6.85. The highest BCUT2D eigenvalue weighted by Gasteiger charge is 2.24. The Morgan fingerprint density at radius 3 is 2.64 bits per heavy atom. The fraction of sp³-hybridized carbons (Fsp3) is 0.375. The molecule has 0 aliphatic heterocycles. The van der Waals surface area contributed by atoms with E-state index in [0.717, 1.165) is 16.0 Å². The molecule has 0 aliphatic rings. The van der Waals surface area contributed by atoms with Crippen LogP contribution in [0.25, 0.3) is 0 Å². The van der Waals surface area contributed by atoms with Crippen molar-refractivity contribution in [2.75, 3.05) is 13.7 Å². The van der Waals surface area contributed by atoms with Crippen LogP contribution in [0.3, 0.4) is 0 Å². The second-order valence-corrected chi connectivity index (χ2v) is 5.35. The smallest absolute Gasteiger partial charge is 0.435 e. The molecule has 0 saturated heterocycles. The van der Waals surface area contributed by atoms with Crippen molar-refractivity contribution >= 4 is 6.09 Å². The lowest BCUT2D eigenvalue weighted by Gasteiger charge is -2.24. The van der Waals surface area contributed by atoms with E-state index in [9.17, 15) is 4.79 Å². The van der Waals surface area contributed by atoms with Crippen LogP contribution >= 0.6 is 0 Å². The Morgan fingerprint density at radius 2 is 2.05 bits per heavy atom. The summed E-state index contributed by atoms with van der Waals surface area (Å²) < 4.78 is 17.2. The molecule has 0 aliphatic carbocycles. The Morgan fingerprint density at radius 1 is 1.32 bits per heavy atom. The standard InChI is InChI=1S/C16H19N2O4/c1-16(2,22-15(19)18-10-4-9-17-18)12-21-11-13-5-7-14(20-3)8-6-13/h5-10H,11-12H2,1-3H3. The Hall–Kier alpha value is -2.34. The zero-order chi connectivity index (χ0) is 16.0. The third-order valence-electron chi connectivity index (χ3n) is 2.88. The van der Waals surface area contributed by atoms with Crippen LogP contribution in [0.1, 0.15) is 19.4 Å². The minimum absolute atomic E-state index is 0.274.